The number of hydrogen-bond donors (Lipinski definition) is 1. The van der Waals surface area contributed by atoms with Gasteiger partial charge >= 0.3 is 0 Å². The fourth-order valence-corrected chi connectivity index (χ4v) is 4.88. The van der Waals surface area contributed by atoms with Crippen LogP contribution in [0.2, 0.25) is 0 Å². The lowest BCUT2D eigenvalue weighted by Crippen LogP contribution is -2.36. The van der Waals surface area contributed by atoms with E-state index in [2.05, 4.69) is 4.72 Å². The van der Waals surface area contributed by atoms with Crippen molar-refractivity contribution in [1.82, 2.24) is 4.72 Å². The number of fused-ring (bicyclic) bond motifs is 5. The highest BCUT2D eigenvalue weighted by molar-refractivity contribution is 7.90. The number of hydrogen-bond acceptors (Lipinski definition) is 3. The predicted octanol–water partition coefficient (Wildman–Crippen LogP) is 1.41. The number of sulfonamides is 1. The Morgan fingerprint density at radius 1 is 0.900 bits per heavy atom. The van der Waals surface area contributed by atoms with Crippen molar-refractivity contribution in [1.29, 1.82) is 0 Å². The van der Waals surface area contributed by atoms with Crippen LogP contribution in [0.5, 0.6) is 0 Å². The van der Waals surface area contributed by atoms with Crippen molar-refractivity contribution in [2.24, 2.45) is 0 Å². The molecule has 5 heteroatoms. The highest BCUT2D eigenvalue weighted by atomic mass is 32.2. The molecule has 4 rings (SSSR count). The van der Waals surface area contributed by atoms with Crippen molar-refractivity contribution < 1.29 is 13.2 Å². The second-order valence-electron chi connectivity index (χ2n) is 5.19. The minimum Gasteiger partial charge on any atom is -0.273 e. The maximum Gasteiger partial charge on any atom is 0.249 e. The van der Waals surface area contributed by atoms with E-state index in [1.807, 2.05) is 48.5 Å². The summed E-state index contributed by atoms with van der Waals surface area (Å²) in [7, 11) is -3.57. The third-order valence-corrected chi connectivity index (χ3v) is 5.42. The van der Waals surface area contributed by atoms with Gasteiger partial charge in [0.15, 0.2) is 0 Å². The molecule has 4 nitrogen and oxygen atoms in total. The SMILES string of the molecule is O=C1NS(=O)(=O)CC12c1ccccc1-c1ccccc12. The zero-order chi connectivity index (χ0) is 14.0. The number of nitrogens with one attached hydrogen (secondary N) is 1. The van der Waals surface area contributed by atoms with Crippen molar-refractivity contribution in [3.8, 4) is 11.1 Å². The second-order valence-corrected chi connectivity index (χ2v) is 6.91. The van der Waals surface area contributed by atoms with Crippen LogP contribution in [0.1, 0.15) is 11.1 Å². The molecule has 1 heterocycles. The molecule has 100 valence electrons. The van der Waals surface area contributed by atoms with Gasteiger partial charge in [-0.3, -0.25) is 9.52 Å². The topological polar surface area (TPSA) is 63.2 Å². The van der Waals surface area contributed by atoms with Gasteiger partial charge in [0.05, 0.1) is 5.75 Å². The molecule has 0 bridgehead atoms. The summed E-state index contributed by atoms with van der Waals surface area (Å²) in [5.74, 6) is -0.665. The Hall–Kier alpha value is -2.14. The summed E-state index contributed by atoms with van der Waals surface area (Å²) in [6, 6.07) is 15.0. The fourth-order valence-electron chi connectivity index (χ4n) is 3.34. The zero-order valence-corrected chi connectivity index (χ0v) is 11.3. The molecular formula is C15H11NO3S. The molecule has 0 aromatic heterocycles. The number of carbonyl (C=O) groups is 1. The monoisotopic (exact) mass is 285 g/mol. The molecule has 0 saturated carbocycles. The first-order chi connectivity index (χ1) is 9.55. The third kappa shape index (κ3) is 1.25. The normalized spacial score (nSPS) is 20.5. The molecular weight excluding hydrogens is 274 g/mol. The first kappa shape index (κ1) is 11.7. The number of amides is 1. The summed E-state index contributed by atoms with van der Waals surface area (Å²) < 4.78 is 25.9. The highest BCUT2D eigenvalue weighted by Gasteiger charge is 2.56. The second kappa shape index (κ2) is 3.49. The Kier molecular flexibility index (Phi) is 2.04. The highest BCUT2D eigenvalue weighted by Crippen LogP contribution is 2.51. The van der Waals surface area contributed by atoms with E-state index >= 15 is 0 Å². The standard InChI is InChI=1S/C15H11NO3S/c17-14-15(9-20(18,19)16-14)12-7-3-1-5-10(12)11-6-2-4-8-13(11)15/h1-8H,9H2,(H,16,17). The summed E-state index contributed by atoms with van der Waals surface area (Å²) in [5, 5.41) is 0. The van der Waals surface area contributed by atoms with Gasteiger partial charge in [-0.15, -0.1) is 0 Å². The first-order valence-corrected chi connectivity index (χ1v) is 7.94. The van der Waals surface area contributed by atoms with Gasteiger partial charge in [-0.1, -0.05) is 48.5 Å². The van der Waals surface area contributed by atoms with Crippen LogP contribution in [-0.2, 0) is 20.2 Å². The van der Waals surface area contributed by atoms with E-state index < -0.39 is 21.3 Å². The smallest absolute Gasteiger partial charge is 0.249 e. The lowest BCUT2D eigenvalue weighted by Gasteiger charge is -2.21. The van der Waals surface area contributed by atoms with Gasteiger partial charge in [-0.25, -0.2) is 8.42 Å². The van der Waals surface area contributed by atoms with Gasteiger partial charge in [-0.2, -0.15) is 0 Å². The van der Waals surface area contributed by atoms with Gasteiger partial charge < -0.3 is 0 Å². The van der Waals surface area contributed by atoms with Crippen molar-refractivity contribution >= 4 is 15.9 Å². The maximum absolute atomic E-state index is 12.4. The maximum atomic E-state index is 12.4. The molecule has 1 aliphatic carbocycles. The largest absolute Gasteiger partial charge is 0.273 e. The third-order valence-electron chi connectivity index (χ3n) is 4.11. The molecule has 1 spiro atoms. The van der Waals surface area contributed by atoms with E-state index in [-0.39, 0.29) is 5.75 Å². The molecule has 1 aliphatic heterocycles. The number of rotatable bonds is 0. The fraction of sp³-hybridized carbons (Fsp3) is 0.133. The average Bonchev–Trinajstić information content (AvgIpc) is 2.84. The molecule has 1 amide bonds. The Labute approximate surface area is 116 Å². The van der Waals surface area contributed by atoms with E-state index in [0.717, 1.165) is 22.3 Å². The van der Waals surface area contributed by atoms with Crippen LogP contribution in [0.25, 0.3) is 11.1 Å². The van der Waals surface area contributed by atoms with E-state index in [1.54, 1.807) is 0 Å². The molecule has 0 atom stereocenters. The van der Waals surface area contributed by atoms with Crippen LogP contribution in [0.15, 0.2) is 48.5 Å². The molecule has 2 aromatic carbocycles. The first-order valence-electron chi connectivity index (χ1n) is 6.29. The molecule has 1 N–H and O–H groups in total. The summed E-state index contributed by atoms with van der Waals surface area (Å²) >= 11 is 0. The van der Waals surface area contributed by atoms with Crippen LogP contribution in [0.4, 0.5) is 0 Å². The molecule has 1 fully saturated rings. The van der Waals surface area contributed by atoms with E-state index in [0.29, 0.717) is 0 Å². The van der Waals surface area contributed by atoms with E-state index in [1.165, 1.54) is 0 Å². The van der Waals surface area contributed by atoms with Crippen LogP contribution in [-0.4, -0.2) is 20.1 Å². The Balaban J connectivity index is 2.14. The molecule has 0 radical (unpaired) electrons. The minimum absolute atomic E-state index is 0.215. The summed E-state index contributed by atoms with van der Waals surface area (Å²) in [5.41, 5.74) is 2.34. The van der Waals surface area contributed by atoms with E-state index in [4.69, 9.17) is 0 Å². The molecule has 0 unspecified atom stereocenters. The molecule has 2 aromatic rings. The van der Waals surface area contributed by atoms with Gasteiger partial charge in [0.1, 0.15) is 5.41 Å². The van der Waals surface area contributed by atoms with Crippen LogP contribution >= 0.6 is 0 Å². The van der Waals surface area contributed by atoms with Crippen molar-refractivity contribution in [3.63, 3.8) is 0 Å². The molecule has 20 heavy (non-hydrogen) atoms. The summed E-state index contributed by atoms with van der Waals surface area (Å²) in [6.45, 7) is 0. The predicted molar refractivity (Wildman–Crippen MR) is 74.6 cm³/mol. The Bertz CT molecular complexity index is 809. The summed E-state index contributed by atoms with van der Waals surface area (Å²) in [4.78, 5) is 12.4. The Morgan fingerprint density at radius 3 is 1.85 bits per heavy atom. The lowest BCUT2D eigenvalue weighted by atomic mass is 9.79. The minimum atomic E-state index is -3.57. The molecule has 2 aliphatic rings. The van der Waals surface area contributed by atoms with Crippen LogP contribution in [0, 0.1) is 0 Å². The van der Waals surface area contributed by atoms with Crippen molar-refractivity contribution in [2.75, 3.05) is 5.75 Å². The Morgan fingerprint density at radius 2 is 1.40 bits per heavy atom. The quantitative estimate of drug-likeness (QED) is 0.796. The average molecular weight is 285 g/mol. The van der Waals surface area contributed by atoms with Crippen molar-refractivity contribution in [2.45, 2.75) is 5.41 Å². The van der Waals surface area contributed by atoms with Gasteiger partial charge in [0.2, 0.25) is 15.9 Å². The van der Waals surface area contributed by atoms with Gasteiger partial charge in [0.25, 0.3) is 0 Å². The van der Waals surface area contributed by atoms with Crippen molar-refractivity contribution in [3.05, 3.63) is 59.7 Å². The van der Waals surface area contributed by atoms with Crippen LogP contribution in [0.3, 0.4) is 0 Å². The zero-order valence-electron chi connectivity index (χ0n) is 10.5. The number of benzene rings is 2. The molecule has 1 saturated heterocycles. The lowest BCUT2D eigenvalue weighted by molar-refractivity contribution is -0.121. The summed E-state index contributed by atoms with van der Waals surface area (Å²) in [6.07, 6.45) is 0. The van der Waals surface area contributed by atoms with E-state index in [9.17, 15) is 13.2 Å². The van der Waals surface area contributed by atoms with Gasteiger partial charge in [0, 0.05) is 0 Å². The van der Waals surface area contributed by atoms with Gasteiger partial charge in [-0.05, 0) is 22.3 Å². The number of carbonyl (C=O) groups excluding carboxylic acids is 1. The van der Waals surface area contributed by atoms with Crippen LogP contribution < -0.4 is 4.72 Å².